The molecule has 2 nitrogen and oxygen atoms in total. The molecule has 0 amide bonds. The normalized spacial score (nSPS) is 24.4. The molecule has 0 aromatic heterocycles. The van der Waals surface area contributed by atoms with Crippen molar-refractivity contribution in [3.05, 3.63) is 35.9 Å². The van der Waals surface area contributed by atoms with Gasteiger partial charge in [-0.15, -0.1) is 0 Å². The number of nitrogens with one attached hydrogen (secondary N) is 1. The first-order valence-electron chi connectivity index (χ1n) is 7.60. The standard InChI is InChI=1S/C17H28N2/c1-17(2,15-6-4-3-5-7-15)13-19-12-14-8-10-16(18)11-9-14/h3-7,14,16,19H,8-13,18H2,1-2H3. The maximum Gasteiger partial charge on any atom is 0.00432 e. The molecule has 3 N–H and O–H groups in total. The molecular weight excluding hydrogens is 232 g/mol. The predicted octanol–water partition coefficient (Wildman–Crippen LogP) is 3.07. The summed E-state index contributed by atoms with van der Waals surface area (Å²) in [5, 5.41) is 3.67. The number of benzene rings is 1. The van der Waals surface area contributed by atoms with Gasteiger partial charge < -0.3 is 11.1 Å². The molecule has 0 bridgehead atoms. The van der Waals surface area contributed by atoms with Gasteiger partial charge in [0.1, 0.15) is 0 Å². The molecule has 1 fully saturated rings. The van der Waals surface area contributed by atoms with Crippen LogP contribution >= 0.6 is 0 Å². The minimum atomic E-state index is 0.201. The van der Waals surface area contributed by atoms with Gasteiger partial charge in [-0.25, -0.2) is 0 Å². The first kappa shape index (κ1) is 14.5. The van der Waals surface area contributed by atoms with Gasteiger partial charge in [-0.3, -0.25) is 0 Å². The molecule has 0 aliphatic heterocycles. The Morgan fingerprint density at radius 1 is 1.11 bits per heavy atom. The van der Waals surface area contributed by atoms with Crippen molar-refractivity contribution in [2.75, 3.05) is 13.1 Å². The molecule has 1 aromatic rings. The summed E-state index contributed by atoms with van der Waals surface area (Å²) in [4.78, 5) is 0. The first-order valence-corrected chi connectivity index (χ1v) is 7.60. The van der Waals surface area contributed by atoms with Crippen molar-refractivity contribution in [1.29, 1.82) is 0 Å². The van der Waals surface area contributed by atoms with E-state index in [9.17, 15) is 0 Å². The van der Waals surface area contributed by atoms with Crippen molar-refractivity contribution < 1.29 is 0 Å². The van der Waals surface area contributed by atoms with Crippen LogP contribution in [0.1, 0.15) is 45.1 Å². The lowest BCUT2D eigenvalue weighted by Crippen LogP contribution is -2.37. The van der Waals surface area contributed by atoms with Gasteiger partial charge in [0.15, 0.2) is 0 Å². The fourth-order valence-electron chi connectivity index (χ4n) is 2.97. The van der Waals surface area contributed by atoms with Gasteiger partial charge in [-0.1, -0.05) is 44.2 Å². The van der Waals surface area contributed by atoms with Crippen molar-refractivity contribution >= 4 is 0 Å². The third-order valence-corrected chi connectivity index (χ3v) is 4.45. The van der Waals surface area contributed by atoms with Gasteiger partial charge in [0.2, 0.25) is 0 Å². The Kier molecular flexibility index (Phi) is 5.00. The molecule has 0 atom stereocenters. The second-order valence-electron chi connectivity index (χ2n) is 6.66. The van der Waals surface area contributed by atoms with Crippen LogP contribution < -0.4 is 11.1 Å². The second kappa shape index (κ2) is 6.53. The smallest absolute Gasteiger partial charge is 0.00432 e. The fraction of sp³-hybridized carbons (Fsp3) is 0.647. The molecule has 0 unspecified atom stereocenters. The summed E-state index contributed by atoms with van der Waals surface area (Å²) >= 11 is 0. The predicted molar refractivity (Wildman–Crippen MR) is 82.3 cm³/mol. The monoisotopic (exact) mass is 260 g/mol. The van der Waals surface area contributed by atoms with Crippen LogP contribution in [0.15, 0.2) is 30.3 Å². The molecule has 2 heteroatoms. The summed E-state index contributed by atoms with van der Waals surface area (Å²) in [6, 6.07) is 11.2. The molecule has 0 heterocycles. The third kappa shape index (κ3) is 4.32. The largest absolute Gasteiger partial charge is 0.328 e. The molecule has 19 heavy (non-hydrogen) atoms. The molecule has 2 rings (SSSR count). The van der Waals surface area contributed by atoms with E-state index in [1.54, 1.807) is 0 Å². The van der Waals surface area contributed by atoms with E-state index in [2.05, 4.69) is 49.5 Å². The van der Waals surface area contributed by atoms with Gasteiger partial charge in [0.25, 0.3) is 0 Å². The number of nitrogens with two attached hydrogens (primary N) is 1. The van der Waals surface area contributed by atoms with E-state index in [0.29, 0.717) is 6.04 Å². The molecule has 0 spiro atoms. The van der Waals surface area contributed by atoms with Crippen LogP contribution in [0.4, 0.5) is 0 Å². The molecule has 0 radical (unpaired) electrons. The molecule has 1 saturated carbocycles. The minimum absolute atomic E-state index is 0.201. The van der Waals surface area contributed by atoms with Gasteiger partial charge in [0, 0.05) is 18.0 Å². The Morgan fingerprint density at radius 2 is 1.74 bits per heavy atom. The Balaban J connectivity index is 1.76. The average Bonchev–Trinajstić information content (AvgIpc) is 2.42. The van der Waals surface area contributed by atoms with Gasteiger partial charge in [-0.05, 0) is 43.7 Å². The van der Waals surface area contributed by atoms with Crippen molar-refractivity contribution in [3.63, 3.8) is 0 Å². The number of hydrogen-bond acceptors (Lipinski definition) is 2. The Hall–Kier alpha value is -0.860. The van der Waals surface area contributed by atoms with Crippen LogP contribution in [0, 0.1) is 5.92 Å². The zero-order chi connectivity index (χ0) is 13.7. The van der Waals surface area contributed by atoms with Crippen molar-refractivity contribution in [2.45, 2.75) is 51.0 Å². The number of rotatable bonds is 5. The highest BCUT2D eigenvalue weighted by molar-refractivity contribution is 5.23. The van der Waals surface area contributed by atoms with E-state index in [1.807, 2.05) is 0 Å². The average molecular weight is 260 g/mol. The Labute approximate surface area is 117 Å². The van der Waals surface area contributed by atoms with E-state index in [1.165, 1.54) is 31.2 Å². The number of hydrogen-bond donors (Lipinski definition) is 2. The van der Waals surface area contributed by atoms with Gasteiger partial charge >= 0.3 is 0 Å². The van der Waals surface area contributed by atoms with E-state index in [0.717, 1.165) is 19.0 Å². The van der Waals surface area contributed by atoms with E-state index >= 15 is 0 Å². The lowest BCUT2D eigenvalue weighted by molar-refractivity contribution is 0.306. The second-order valence-corrected chi connectivity index (χ2v) is 6.66. The van der Waals surface area contributed by atoms with Crippen LogP contribution in [-0.4, -0.2) is 19.1 Å². The molecular formula is C17H28N2. The first-order chi connectivity index (χ1) is 9.08. The SMILES string of the molecule is CC(C)(CNCC1CCC(N)CC1)c1ccccc1. The Morgan fingerprint density at radius 3 is 2.37 bits per heavy atom. The van der Waals surface area contributed by atoms with Crippen LogP contribution in [0.5, 0.6) is 0 Å². The molecule has 106 valence electrons. The van der Waals surface area contributed by atoms with Gasteiger partial charge in [0.05, 0.1) is 0 Å². The molecule has 1 aromatic carbocycles. The summed E-state index contributed by atoms with van der Waals surface area (Å²) in [6.07, 6.45) is 4.99. The van der Waals surface area contributed by atoms with Crippen LogP contribution in [0.3, 0.4) is 0 Å². The summed E-state index contributed by atoms with van der Waals surface area (Å²) in [5.41, 5.74) is 7.56. The summed E-state index contributed by atoms with van der Waals surface area (Å²) in [6.45, 7) is 6.81. The highest BCUT2D eigenvalue weighted by Crippen LogP contribution is 2.24. The topological polar surface area (TPSA) is 38.0 Å². The third-order valence-electron chi connectivity index (χ3n) is 4.45. The zero-order valence-corrected chi connectivity index (χ0v) is 12.4. The summed E-state index contributed by atoms with van der Waals surface area (Å²) in [7, 11) is 0. The van der Waals surface area contributed by atoms with Crippen LogP contribution in [-0.2, 0) is 5.41 Å². The van der Waals surface area contributed by atoms with E-state index in [4.69, 9.17) is 5.73 Å². The Bertz CT molecular complexity index is 364. The van der Waals surface area contributed by atoms with Crippen molar-refractivity contribution in [3.8, 4) is 0 Å². The summed E-state index contributed by atoms with van der Waals surface area (Å²) in [5.74, 6) is 0.825. The highest BCUT2D eigenvalue weighted by atomic mass is 14.9. The molecule has 1 aliphatic carbocycles. The van der Waals surface area contributed by atoms with Gasteiger partial charge in [-0.2, -0.15) is 0 Å². The molecule has 0 saturated heterocycles. The zero-order valence-electron chi connectivity index (χ0n) is 12.4. The summed E-state index contributed by atoms with van der Waals surface area (Å²) < 4.78 is 0. The van der Waals surface area contributed by atoms with E-state index in [-0.39, 0.29) is 5.41 Å². The van der Waals surface area contributed by atoms with Crippen LogP contribution in [0.2, 0.25) is 0 Å². The molecule has 1 aliphatic rings. The van der Waals surface area contributed by atoms with Crippen LogP contribution in [0.25, 0.3) is 0 Å². The maximum absolute atomic E-state index is 5.95. The quantitative estimate of drug-likeness (QED) is 0.854. The lowest BCUT2D eigenvalue weighted by Gasteiger charge is -2.29. The van der Waals surface area contributed by atoms with Crippen molar-refractivity contribution in [2.24, 2.45) is 11.7 Å². The van der Waals surface area contributed by atoms with E-state index < -0.39 is 0 Å². The van der Waals surface area contributed by atoms with Crippen molar-refractivity contribution in [1.82, 2.24) is 5.32 Å². The fourth-order valence-corrected chi connectivity index (χ4v) is 2.97. The highest BCUT2D eigenvalue weighted by Gasteiger charge is 2.22. The maximum atomic E-state index is 5.95. The lowest BCUT2D eigenvalue weighted by atomic mass is 9.83. The minimum Gasteiger partial charge on any atom is -0.328 e.